The van der Waals surface area contributed by atoms with Crippen molar-refractivity contribution in [3.8, 4) is 0 Å². The fraction of sp³-hybridized carbons (Fsp3) is 0. The van der Waals surface area contributed by atoms with Gasteiger partial charge in [0.15, 0.2) is 0 Å². The molecule has 0 aliphatic rings. The molecule has 10 heavy (non-hydrogen) atoms. The van der Waals surface area contributed by atoms with Gasteiger partial charge in [0.05, 0.1) is 5.56 Å². The number of hydrogen-bond acceptors (Lipinski definition) is 1. The van der Waals surface area contributed by atoms with Gasteiger partial charge in [0, 0.05) is 0 Å². The first-order chi connectivity index (χ1) is 4.30. The summed E-state index contributed by atoms with van der Waals surface area (Å²) in [5, 5.41) is 8.38. The minimum atomic E-state index is -0.879. The van der Waals surface area contributed by atoms with E-state index in [-0.39, 0.29) is 45.0 Å². The molecule has 0 aromatic heterocycles. The van der Waals surface area contributed by atoms with E-state index < -0.39 is 5.97 Å². The van der Waals surface area contributed by atoms with Crippen LogP contribution in [0.1, 0.15) is 10.4 Å². The zero-order valence-corrected chi connectivity index (χ0v) is 4.74. The summed E-state index contributed by atoms with van der Waals surface area (Å²) in [7, 11) is 0. The van der Waals surface area contributed by atoms with Crippen molar-refractivity contribution in [2.75, 3.05) is 0 Å². The Morgan fingerprint density at radius 3 is 2.00 bits per heavy atom. The van der Waals surface area contributed by atoms with Gasteiger partial charge in [0.25, 0.3) is 0 Å². The molecule has 0 atom stereocenters. The summed E-state index contributed by atoms with van der Waals surface area (Å²) in [4.78, 5) is 10.2. The van der Waals surface area contributed by atoms with Crippen molar-refractivity contribution in [2.24, 2.45) is 0 Å². The van der Waals surface area contributed by atoms with Crippen LogP contribution in [-0.2, 0) is 0 Å². The first kappa shape index (κ1) is 10.2. The molecule has 0 radical (unpaired) electrons. The second-order valence-corrected chi connectivity index (χ2v) is 1.67. The van der Waals surface area contributed by atoms with Crippen LogP contribution in [0.2, 0.25) is 0 Å². The van der Waals surface area contributed by atoms with Gasteiger partial charge in [0.2, 0.25) is 0 Å². The number of hydrogen-bond donors (Lipinski definition) is 1. The number of carboxylic acid groups (broad SMARTS) is 1. The van der Waals surface area contributed by atoms with Gasteiger partial charge in [-0.3, -0.25) is 0 Å². The molecule has 0 saturated heterocycles. The van der Waals surface area contributed by atoms with Gasteiger partial charge in [-0.25, -0.2) is 4.79 Å². The van der Waals surface area contributed by atoms with E-state index in [4.69, 9.17) is 5.11 Å². The molecule has 0 aliphatic carbocycles. The van der Waals surface area contributed by atoms with Crippen LogP contribution in [0.4, 0.5) is 0 Å². The summed E-state index contributed by atoms with van der Waals surface area (Å²) in [5.41, 5.74) is 0.331. The van der Waals surface area contributed by atoms with Gasteiger partial charge < -0.3 is 5.11 Å². The predicted molar refractivity (Wildman–Crippen MR) is 36.2 cm³/mol. The van der Waals surface area contributed by atoms with Crippen LogP contribution in [0.15, 0.2) is 30.3 Å². The third-order valence-corrected chi connectivity index (χ3v) is 1.02. The SMILES string of the molecule is O=C(O)c1ccccc1.[RaH2]. The number of aromatic carboxylic acids is 1. The van der Waals surface area contributed by atoms with Gasteiger partial charge in [-0.2, -0.15) is 0 Å². The van der Waals surface area contributed by atoms with Crippen molar-refractivity contribution in [3.63, 3.8) is 0 Å². The Kier molecular flexibility index (Phi) is 4.97. The summed E-state index contributed by atoms with van der Waals surface area (Å²) in [5.74, 6) is -0.879. The Balaban J connectivity index is 0.000000810. The summed E-state index contributed by atoms with van der Waals surface area (Å²) in [6, 6.07) is 8.30. The van der Waals surface area contributed by atoms with Crippen molar-refractivity contribution in [1.29, 1.82) is 0 Å². The van der Waals surface area contributed by atoms with E-state index in [0.29, 0.717) is 5.56 Å². The number of carbonyl (C=O) groups is 1. The van der Waals surface area contributed by atoms with E-state index in [9.17, 15) is 4.79 Å². The number of benzene rings is 1. The second kappa shape index (κ2) is 4.90. The first-order valence-corrected chi connectivity index (χ1v) is 2.59. The monoisotopic (exact) mass is 350 g/mol. The molecule has 0 heterocycles. The molecule has 0 spiro atoms. The molecule has 0 bridgehead atoms. The zero-order chi connectivity index (χ0) is 6.69. The Morgan fingerprint density at radius 1 is 1.20 bits per heavy atom. The number of carboxylic acids is 1. The third kappa shape index (κ3) is 2.83. The molecule has 1 aromatic rings. The molecule has 1 aromatic carbocycles. The predicted octanol–water partition coefficient (Wildman–Crippen LogP) is 0.849. The van der Waals surface area contributed by atoms with Crippen LogP contribution in [0, 0.1) is 45.0 Å². The second-order valence-electron chi connectivity index (χ2n) is 1.67. The molecule has 50 valence electrons. The van der Waals surface area contributed by atoms with Crippen LogP contribution in [0.3, 0.4) is 0 Å². The van der Waals surface area contributed by atoms with Crippen LogP contribution >= 0.6 is 0 Å². The van der Waals surface area contributed by atoms with E-state index in [1.807, 2.05) is 0 Å². The number of rotatable bonds is 1. The zero-order valence-electron chi connectivity index (χ0n) is 4.74. The Morgan fingerprint density at radius 2 is 1.70 bits per heavy atom. The average molecular weight is 350 g/mol. The average Bonchev–Trinajstić information content (AvgIpc) is 1.90. The molecule has 0 fully saturated rings. The van der Waals surface area contributed by atoms with E-state index in [1.54, 1.807) is 30.3 Å². The molecule has 0 amide bonds. The van der Waals surface area contributed by atoms with Crippen molar-refractivity contribution in [2.45, 2.75) is 0 Å². The van der Waals surface area contributed by atoms with Gasteiger partial charge in [-0.15, -0.1) is 0 Å². The fourth-order valence-corrected chi connectivity index (χ4v) is 0.581. The van der Waals surface area contributed by atoms with Gasteiger partial charge >= 0.3 is 51.0 Å². The maximum absolute atomic E-state index is 10.2. The van der Waals surface area contributed by atoms with Crippen molar-refractivity contribution >= 4 is 5.97 Å². The van der Waals surface area contributed by atoms with Crippen molar-refractivity contribution < 1.29 is 54.9 Å². The van der Waals surface area contributed by atoms with Crippen LogP contribution in [-0.4, -0.2) is 11.1 Å². The minimum absolute atomic E-state index is 0. The first-order valence-electron chi connectivity index (χ1n) is 2.59. The Bertz CT molecular complexity index is 208. The van der Waals surface area contributed by atoms with Gasteiger partial charge in [-0.1, -0.05) is 18.2 Å². The normalized spacial score (nSPS) is 8.00. The topological polar surface area (TPSA) is 37.3 Å². The Hall–Kier alpha value is 0.158. The fourth-order valence-electron chi connectivity index (χ4n) is 0.581. The molecule has 0 unspecified atom stereocenters. The summed E-state index contributed by atoms with van der Waals surface area (Å²) in [6.45, 7) is 0. The Labute approximate surface area is 95.7 Å². The van der Waals surface area contributed by atoms with Crippen LogP contribution in [0.5, 0.6) is 0 Å². The summed E-state index contributed by atoms with van der Waals surface area (Å²) < 4.78 is 0. The maximum atomic E-state index is 10.2. The van der Waals surface area contributed by atoms with Crippen LogP contribution in [0.25, 0.3) is 0 Å². The van der Waals surface area contributed by atoms with Crippen LogP contribution < -0.4 is 0 Å². The molecular formula is C7H8O2Ra. The van der Waals surface area contributed by atoms with E-state index in [1.165, 1.54) is 0 Å². The summed E-state index contributed by atoms with van der Waals surface area (Å²) in [6.07, 6.45) is 0. The van der Waals surface area contributed by atoms with Crippen molar-refractivity contribution in [3.05, 3.63) is 35.9 Å². The third-order valence-electron chi connectivity index (χ3n) is 1.02. The molecule has 0 aliphatic heterocycles. The van der Waals surface area contributed by atoms with Gasteiger partial charge in [0.1, 0.15) is 0 Å². The van der Waals surface area contributed by atoms with Gasteiger partial charge in [-0.05, 0) is 12.1 Å². The van der Waals surface area contributed by atoms with Crippen molar-refractivity contribution in [1.82, 2.24) is 0 Å². The van der Waals surface area contributed by atoms with E-state index in [2.05, 4.69) is 0 Å². The molecule has 1 rings (SSSR count). The molecule has 0 saturated carbocycles. The van der Waals surface area contributed by atoms with E-state index >= 15 is 0 Å². The quantitative estimate of drug-likeness (QED) is 0.816. The molecule has 2 nitrogen and oxygen atoms in total. The molecular weight excluding hydrogens is 342 g/mol. The van der Waals surface area contributed by atoms with E-state index in [0.717, 1.165) is 0 Å². The molecule has 1 N–H and O–H groups in total. The molecule has 3 heteroatoms. The standard InChI is InChI=1S/C7H6O2.Ra.2H/c8-7(9)6-4-2-1-3-5-6;;;/h1-5H,(H,8,9);;;. The summed E-state index contributed by atoms with van der Waals surface area (Å²) >= 11 is 0.